The Labute approximate surface area is 164 Å². The van der Waals surface area contributed by atoms with E-state index in [0.29, 0.717) is 12.2 Å². The van der Waals surface area contributed by atoms with Crippen LogP contribution >= 0.6 is 27.7 Å². The first-order valence-electron chi connectivity index (χ1n) is 8.21. The number of nitriles is 1. The minimum atomic E-state index is -1.02. The van der Waals surface area contributed by atoms with Gasteiger partial charge in [-0.05, 0) is 32.0 Å². The van der Waals surface area contributed by atoms with Gasteiger partial charge < -0.3 is 14.5 Å². The SMILES string of the molecule is COc1ccc(Br)cc1[C@@H]1N2C(=O)C3(C)SC2(C[C@]1(C)C#N)C(=O)N3C. The number of ether oxygens (including phenoxy) is 1. The Balaban J connectivity index is 1.96. The van der Waals surface area contributed by atoms with Gasteiger partial charge in [-0.2, -0.15) is 5.26 Å². The summed E-state index contributed by atoms with van der Waals surface area (Å²) in [6.45, 7) is 3.60. The van der Waals surface area contributed by atoms with E-state index in [4.69, 9.17) is 4.74 Å². The second-order valence-electron chi connectivity index (χ2n) is 7.40. The van der Waals surface area contributed by atoms with Crippen LogP contribution in [0.25, 0.3) is 0 Å². The second kappa shape index (κ2) is 5.17. The first-order chi connectivity index (χ1) is 12.1. The summed E-state index contributed by atoms with van der Waals surface area (Å²) in [5, 5.41) is 10.00. The number of piperazine rings is 1. The third-order valence-electron chi connectivity index (χ3n) is 5.86. The van der Waals surface area contributed by atoms with Crippen molar-refractivity contribution in [1.82, 2.24) is 9.80 Å². The van der Waals surface area contributed by atoms with Crippen LogP contribution in [0.2, 0.25) is 0 Å². The average molecular weight is 436 g/mol. The van der Waals surface area contributed by atoms with Gasteiger partial charge in [0.1, 0.15) is 5.75 Å². The summed E-state index contributed by atoms with van der Waals surface area (Å²) in [4.78, 5) is 27.6. The first kappa shape index (κ1) is 17.7. The number of carbonyl (C=O) groups is 2. The minimum Gasteiger partial charge on any atom is -0.496 e. The second-order valence-corrected chi connectivity index (χ2v) is 9.99. The molecular formula is C18H18BrN3O3S. The van der Waals surface area contributed by atoms with Crippen LogP contribution < -0.4 is 4.74 Å². The molecule has 0 aromatic heterocycles. The molecule has 2 bridgehead atoms. The molecule has 1 spiro atoms. The van der Waals surface area contributed by atoms with Gasteiger partial charge in [-0.3, -0.25) is 9.59 Å². The highest BCUT2D eigenvalue weighted by Crippen LogP contribution is 2.70. The topological polar surface area (TPSA) is 73.6 Å². The van der Waals surface area contributed by atoms with E-state index < -0.39 is 21.2 Å². The van der Waals surface area contributed by atoms with Crippen LogP contribution in [-0.2, 0) is 9.59 Å². The molecule has 4 atom stereocenters. The van der Waals surface area contributed by atoms with Crippen LogP contribution in [0.5, 0.6) is 5.75 Å². The Bertz CT molecular complexity index is 902. The molecule has 1 aromatic rings. The maximum atomic E-state index is 13.3. The van der Waals surface area contributed by atoms with Gasteiger partial charge in [0.15, 0.2) is 9.74 Å². The molecule has 4 rings (SSSR count). The van der Waals surface area contributed by atoms with E-state index in [1.807, 2.05) is 25.1 Å². The average Bonchev–Trinajstić information content (AvgIpc) is 3.07. The zero-order valence-electron chi connectivity index (χ0n) is 14.9. The molecule has 0 N–H and O–H groups in total. The number of nitrogens with zero attached hydrogens (tertiary/aromatic N) is 3. The van der Waals surface area contributed by atoms with Gasteiger partial charge in [-0.15, -0.1) is 0 Å². The van der Waals surface area contributed by atoms with Gasteiger partial charge in [0, 0.05) is 23.5 Å². The zero-order valence-corrected chi connectivity index (χ0v) is 17.3. The number of fused-ring (bicyclic) bond motifs is 1. The highest BCUT2D eigenvalue weighted by Gasteiger charge is 2.79. The summed E-state index contributed by atoms with van der Waals surface area (Å²) in [6.07, 6.45) is 0.298. The maximum Gasteiger partial charge on any atom is 0.261 e. The van der Waals surface area contributed by atoms with E-state index in [-0.39, 0.29) is 11.8 Å². The highest BCUT2D eigenvalue weighted by atomic mass is 79.9. The molecule has 2 amide bonds. The monoisotopic (exact) mass is 435 g/mol. The fourth-order valence-electron chi connectivity index (χ4n) is 4.53. The van der Waals surface area contributed by atoms with Crippen molar-refractivity contribution in [3.63, 3.8) is 0 Å². The molecule has 3 fully saturated rings. The number of rotatable bonds is 2. The molecule has 0 aliphatic carbocycles. The molecule has 8 heteroatoms. The lowest BCUT2D eigenvalue weighted by Crippen LogP contribution is -2.60. The van der Waals surface area contributed by atoms with Crippen molar-refractivity contribution in [1.29, 1.82) is 5.26 Å². The summed E-state index contributed by atoms with van der Waals surface area (Å²) in [6, 6.07) is 7.36. The van der Waals surface area contributed by atoms with Gasteiger partial charge >= 0.3 is 0 Å². The maximum absolute atomic E-state index is 13.3. The molecule has 6 nitrogen and oxygen atoms in total. The van der Waals surface area contributed by atoms with E-state index in [9.17, 15) is 14.9 Å². The fourth-order valence-corrected chi connectivity index (χ4v) is 6.85. The molecule has 1 aromatic carbocycles. The van der Waals surface area contributed by atoms with Gasteiger partial charge in [-0.1, -0.05) is 27.7 Å². The first-order valence-corrected chi connectivity index (χ1v) is 9.82. The van der Waals surface area contributed by atoms with Crippen molar-refractivity contribution in [3.8, 4) is 11.8 Å². The number of benzene rings is 1. The largest absolute Gasteiger partial charge is 0.496 e. The van der Waals surface area contributed by atoms with Crippen LogP contribution in [-0.4, -0.2) is 45.5 Å². The van der Waals surface area contributed by atoms with Crippen molar-refractivity contribution in [2.45, 2.75) is 36.1 Å². The number of hydrogen-bond acceptors (Lipinski definition) is 5. The van der Waals surface area contributed by atoms with E-state index >= 15 is 0 Å². The van der Waals surface area contributed by atoms with Crippen LogP contribution in [0.3, 0.4) is 0 Å². The number of likely N-dealkylation sites (N-methyl/N-ethyl adjacent to an activating group) is 1. The molecule has 3 heterocycles. The van der Waals surface area contributed by atoms with Crippen molar-refractivity contribution in [2.24, 2.45) is 5.41 Å². The van der Waals surface area contributed by atoms with Gasteiger partial charge in [0.05, 0.1) is 24.6 Å². The van der Waals surface area contributed by atoms with Crippen LogP contribution in [0.15, 0.2) is 22.7 Å². The number of carbonyl (C=O) groups excluding carboxylic acids is 2. The van der Waals surface area contributed by atoms with E-state index in [1.54, 1.807) is 26.0 Å². The number of methoxy groups -OCH3 is 1. The van der Waals surface area contributed by atoms with Crippen molar-refractivity contribution in [3.05, 3.63) is 28.2 Å². The van der Waals surface area contributed by atoms with E-state index in [1.165, 1.54) is 16.7 Å². The third kappa shape index (κ3) is 1.83. The Kier molecular flexibility index (Phi) is 3.52. The lowest BCUT2D eigenvalue weighted by Gasteiger charge is -2.40. The smallest absolute Gasteiger partial charge is 0.261 e. The van der Waals surface area contributed by atoms with Crippen LogP contribution in [0, 0.1) is 16.7 Å². The summed E-state index contributed by atoms with van der Waals surface area (Å²) < 4.78 is 6.34. The number of halogens is 1. The van der Waals surface area contributed by atoms with Crippen LogP contribution in [0.4, 0.5) is 0 Å². The van der Waals surface area contributed by atoms with E-state index in [0.717, 1.165) is 10.0 Å². The molecule has 2 unspecified atom stereocenters. The molecule has 0 radical (unpaired) electrons. The Morgan fingerprint density at radius 3 is 2.65 bits per heavy atom. The molecule has 3 aliphatic heterocycles. The predicted molar refractivity (Wildman–Crippen MR) is 100 cm³/mol. The minimum absolute atomic E-state index is 0.109. The molecule has 3 aliphatic rings. The predicted octanol–water partition coefficient (Wildman–Crippen LogP) is 2.89. The Hall–Kier alpha value is -1.72. The van der Waals surface area contributed by atoms with Gasteiger partial charge in [-0.25, -0.2) is 0 Å². The summed E-state index contributed by atoms with van der Waals surface area (Å²) >= 11 is 4.83. The fraction of sp³-hybridized carbons (Fsp3) is 0.500. The Morgan fingerprint density at radius 2 is 2.04 bits per heavy atom. The van der Waals surface area contributed by atoms with E-state index in [2.05, 4.69) is 22.0 Å². The lowest BCUT2D eigenvalue weighted by molar-refractivity contribution is -0.159. The van der Waals surface area contributed by atoms with Crippen LogP contribution in [0.1, 0.15) is 31.9 Å². The molecular weight excluding hydrogens is 418 g/mol. The van der Waals surface area contributed by atoms with Gasteiger partial charge in [0.25, 0.3) is 11.8 Å². The van der Waals surface area contributed by atoms with Crippen molar-refractivity contribution in [2.75, 3.05) is 14.2 Å². The summed E-state index contributed by atoms with van der Waals surface area (Å²) in [7, 11) is 3.23. The molecule has 136 valence electrons. The molecule has 26 heavy (non-hydrogen) atoms. The normalized spacial score (nSPS) is 37.9. The number of amides is 2. The quantitative estimate of drug-likeness (QED) is 0.713. The highest BCUT2D eigenvalue weighted by molar-refractivity contribution is 9.10. The van der Waals surface area contributed by atoms with Crippen molar-refractivity contribution >= 4 is 39.5 Å². The standard InChI is InChI=1S/C18H18BrN3O3S/c1-16(9-20)8-18-15(24)21(3)17(2,26-18)14(23)22(18)13(16)11-7-10(19)5-6-12(11)25-4/h5-7,13H,8H2,1-4H3/t13-,16+,17?,18?/m0/s1. The van der Waals surface area contributed by atoms with Gasteiger partial charge in [0.2, 0.25) is 0 Å². The zero-order chi connectivity index (χ0) is 19.1. The Morgan fingerprint density at radius 1 is 1.35 bits per heavy atom. The van der Waals surface area contributed by atoms with Crippen molar-refractivity contribution < 1.29 is 14.3 Å². The summed E-state index contributed by atoms with van der Waals surface area (Å²) in [5.74, 6) is 0.362. The third-order valence-corrected chi connectivity index (χ3v) is 8.05. The number of hydrogen-bond donors (Lipinski definition) is 0. The molecule has 0 saturated carbocycles. The number of thioether (sulfide) groups is 1. The summed E-state index contributed by atoms with van der Waals surface area (Å²) in [5.41, 5.74) is -0.165. The molecule has 3 saturated heterocycles. The lowest BCUT2D eigenvalue weighted by atomic mass is 9.79.